The molecule has 2 heterocycles. The predicted molar refractivity (Wildman–Crippen MR) is 96.0 cm³/mol. The Hall–Kier alpha value is -3.56. The van der Waals surface area contributed by atoms with Crippen molar-refractivity contribution in [3.63, 3.8) is 0 Å². The van der Waals surface area contributed by atoms with Gasteiger partial charge in [-0.25, -0.2) is 19.2 Å². The lowest BCUT2D eigenvalue weighted by Gasteiger charge is -2.16. The lowest BCUT2D eigenvalue weighted by atomic mass is 9.98. The van der Waals surface area contributed by atoms with Gasteiger partial charge in [0.15, 0.2) is 5.82 Å². The van der Waals surface area contributed by atoms with E-state index in [-0.39, 0.29) is 17.3 Å². The van der Waals surface area contributed by atoms with Crippen LogP contribution in [0.1, 0.15) is 24.1 Å². The molecule has 3 aromatic rings. The van der Waals surface area contributed by atoms with E-state index < -0.39 is 18.0 Å². The summed E-state index contributed by atoms with van der Waals surface area (Å²) in [6.07, 6.45) is 3.48. The first-order chi connectivity index (χ1) is 12.8. The van der Waals surface area contributed by atoms with Crippen LogP contribution in [0.2, 0.25) is 0 Å². The van der Waals surface area contributed by atoms with E-state index in [2.05, 4.69) is 30.7 Å². The SMILES string of the molecule is Cc1c([C@@H](C)NC(=O)O)ccc(-c2ncnc(Nc3cnn(C)c3)n2)c1F. The highest BCUT2D eigenvalue weighted by molar-refractivity contribution is 5.66. The van der Waals surface area contributed by atoms with Crippen LogP contribution in [-0.4, -0.2) is 35.9 Å². The Morgan fingerprint density at radius 3 is 2.78 bits per heavy atom. The quantitative estimate of drug-likeness (QED) is 0.631. The van der Waals surface area contributed by atoms with Crippen molar-refractivity contribution in [1.82, 2.24) is 30.0 Å². The van der Waals surface area contributed by atoms with Crippen LogP contribution in [0.25, 0.3) is 11.4 Å². The van der Waals surface area contributed by atoms with E-state index in [1.807, 2.05) is 0 Å². The van der Waals surface area contributed by atoms with E-state index in [1.165, 1.54) is 12.4 Å². The molecule has 0 unspecified atom stereocenters. The number of aryl methyl sites for hydroxylation is 1. The number of amides is 1. The van der Waals surface area contributed by atoms with Crippen molar-refractivity contribution in [2.24, 2.45) is 7.05 Å². The molecule has 0 aliphatic carbocycles. The molecule has 0 saturated heterocycles. The largest absolute Gasteiger partial charge is 0.465 e. The fourth-order valence-corrected chi connectivity index (χ4v) is 2.71. The van der Waals surface area contributed by atoms with Crippen molar-refractivity contribution in [1.29, 1.82) is 0 Å². The van der Waals surface area contributed by atoms with Gasteiger partial charge in [-0.05, 0) is 31.0 Å². The van der Waals surface area contributed by atoms with Crippen molar-refractivity contribution in [2.75, 3.05) is 5.32 Å². The van der Waals surface area contributed by atoms with Gasteiger partial charge in [0.2, 0.25) is 5.95 Å². The molecule has 27 heavy (non-hydrogen) atoms. The molecule has 1 amide bonds. The first-order valence-corrected chi connectivity index (χ1v) is 8.08. The minimum atomic E-state index is -1.17. The minimum Gasteiger partial charge on any atom is -0.465 e. The Labute approximate surface area is 154 Å². The number of carbonyl (C=O) groups is 1. The van der Waals surface area contributed by atoms with Gasteiger partial charge in [-0.1, -0.05) is 6.07 Å². The molecule has 0 aliphatic rings. The van der Waals surface area contributed by atoms with Gasteiger partial charge in [0, 0.05) is 13.2 Å². The molecule has 140 valence electrons. The van der Waals surface area contributed by atoms with Crippen LogP contribution >= 0.6 is 0 Å². The van der Waals surface area contributed by atoms with Gasteiger partial charge in [-0.3, -0.25) is 4.68 Å². The van der Waals surface area contributed by atoms with Crippen LogP contribution in [-0.2, 0) is 7.05 Å². The maximum atomic E-state index is 14.9. The van der Waals surface area contributed by atoms with E-state index in [0.29, 0.717) is 16.8 Å². The average Bonchev–Trinajstić information content (AvgIpc) is 3.01. The van der Waals surface area contributed by atoms with Crippen LogP contribution in [0.5, 0.6) is 0 Å². The third-order valence-electron chi connectivity index (χ3n) is 4.01. The highest BCUT2D eigenvalue weighted by atomic mass is 19.1. The summed E-state index contributed by atoms with van der Waals surface area (Å²) in [6.45, 7) is 3.23. The molecule has 2 aromatic heterocycles. The van der Waals surface area contributed by atoms with E-state index in [9.17, 15) is 9.18 Å². The normalized spacial score (nSPS) is 11.9. The number of carboxylic acid groups (broad SMARTS) is 1. The number of anilines is 2. The summed E-state index contributed by atoms with van der Waals surface area (Å²) in [6, 6.07) is 2.64. The molecular weight excluding hydrogens is 353 g/mol. The minimum absolute atomic E-state index is 0.169. The number of nitrogens with one attached hydrogen (secondary N) is 2. The zero-order valence-corrected chi connectivity index (χ0v) is 14.9. The maximum absolute atomic E-state index is 14.9. The standard InChI is InChI=1S/C17H18FN7O2/c1-9-12(10(2)22-17(26)27)4-5-13(14(9)18)15-19-8-20-16(24-15)23-11-6-21-25(3)7-11/h4-8,10,22H,1-3H3,(H,26,27)(H,19,20,23,24)/t10-/m1/s1. The fourth-order valence-electron chi connectivity index (χ4n) is 2.71. The second-order valence-corrected chi connectivity index (χ2v) is 5.97. The number of hydrogen-bond donors (Lipinski definition) is 3. The predicted octanol–water partition coefficient (Wildman–Crippen LogP) is 2.79. The topological polar surface area (TPSA) is 118 Å². The fraction of sp³-hybridized carbons (Fsp3) is 0.235. The van der Waals surface area contributed by atoms with Crippen LogP contribution in [0.4, 0.5) is 20.8 Å². The van der Waals surface area contributed by atoms with E-state index >= 15 is 0 Å². The number of halogens is 1. The lowest BCUT2D eigenvalue weighted by molar-refractivity contribution is 0.191. The van der Waals surface area contributed by atoms with Gasteiger partial charge in [0.25, 0.3) is 0 Å². The van der Waals surface area contributed by atoms with Crippen LogP contribution in [0.3, 0.4) is 0 Å². The van der Waals surface area contributed by atoms with Gasteiger partial charge in [-0.15, -0.1) is 0 Å². The maximum Gasteiger partial charge on any atom is 0.405 e. The Balaban J connectivity index is 1.91. The monoisotopic (exact) mass is 371 g/mol. The molecule has 1 aromatic carbocycles. The number of nitrogens with zero attached hydrogens (tertiary/aromatic N) is 5. The van der Waals surface area contributed by atoms with E-state index in [0.717, 1.165) is 0 Å². The van der Waals surface area contributed by atoms with E-state index in [1.54, 1.807) is 44.0 Å². The molecule has 9 nitrogen and oxygen atoms in total. The summed E-state index contributed by atoms with van der Waals surface area (Å²) in [4.78, 5) is 23.1. The average molecular weight is 371 g/mol. The van der Waals surface area contributed by atoms with Crippen molar-refractivity contribution < 1.29 is 14.3 Å². The molecule has 0 spiro atoms. The number of rotatable bonds is 5. The van der Waals surface area contributed by atoms with Crippen LogP contribution < -0.4 is 10.6 Å². The first-order valence-electron chi connectivity index (χ1n) is 8.08. The Bertz CT molecular complexity index is 989. The van der Waals surface area contributed by atoms with Gasteiger partial charge < -0.3 is 15.7 Å². The molecule has 0 aliphatic heterocycles. The Morgan fingerprint density at radius 1 is 1.33 bits per heavy atom. The van der Waals surface area contributed by atoms with E-state index in [4.69, 9.17) is 5.11 Å². The zero-order valence-electron chi connectivity index (χ0n) is 14.9. The molecule has 1 atom stereocenters. The van der Waals surface area contributed by atoms with Crippen molar-refractivity contribution >= 4 is 17.7 Å². The number of benzene rings is 1. The third-order valence-corrected chi connectivity index (χ3v) is 4.01. The molecule has 3 rings (SSSR count). The van der Waals surface area contributed by atoms with Crippen LogP contribution in [0, 0.1) is 12.7 Å². The van der Waals surface area contributed by atoms with Crippen molar-refractivity contribution in [3.8, 4) is 11.4 Å². The summed E-state index contributed by atoms with van der Waals surface area (Å²) in [5.41, 5.74) is 1.77. The van der Waals surface area contributed by atoms with Crippen molar-refractivity contribution in [2.45, 2.75) is 19.9 Å². The second-order valence-electron chi connectivity index (χ2n) is 5.97. The summed E-state index contributed by atoms with van der Waals surface area (Å²) >= 11 is 0. The highest BCUT2D eigenvalue weighted by Crippen LogP contribution is 2.28. The van der Waals surface area contributed by atoms with Gasteiger partial charge in [0.05, 0.1) is 23.5 Å². The Morgan fingerprint density at radius 2 is 2.11 bits per heavy atom. The van der Waals surface area contributed by atoms with Crippen molar-refractivity contribution in [3.05, 3.63) is 47.8 Å². The van der Waals surface area contributed by atoms with Gasteiger partial charge in [-0.2, -0.15) is 10.1 Å². The first kappa shape index (κ1) is 18.2. The van der Waals surface area contributed by atoms with Crippen LogP contribution in [0.15, 0.2) is 30.9 Å². The zero-order chi connectivity index (χ0) is 19.6. The molecule has 0 fully saturated rings. The molecule has 0 bridgehead atoms. The summed E-state index contributed by atoms with van der Waals surface area (Å²) in [5.74, 6) is -0.0810. The molecule has 0 radical (unpaired) electrons. The molecular formula is C17H18FN7O2. The summed E-state index contributed by atoms with van der Waals surface area (Å²) in [5, 5.41) is 18.2. The number of aromatic nitrogens is 5. The number of hydrogen-bond acceptors (Lipinski definition) is 6. The van der Waals surface area contributed by atoms with Gasteiger partial charge >= 0.3 is 6.09 Å². The second kappa shape index (κ2) is 7.36. The van der Waals surface area contributed by atoms with Gasteiger partial charge in [0.1, 0.15) is 12.1 Å². The highest BCUT2D eigenvalue weighted by Gasteiger charge is 2.18. The third kappa shape index (κ3) is 4.00. The molecule has 10 heteroatoms. The summed E-state index contributed by atoms with van der Waals surface area (Å²) < 4.78 is 16.5. The lowest BCUT2D eigenvalue weighted by Crippen LogP contribution is -2.25. The summed E-state index contributed by atoms with van der Waals surface area (Å²) in [7, 11) is 1.78. The smallest absolute Gasteiger partial charge is 0.405 e. The molecule has 0 saturated carbocycles. The molecule has 3 N–H and O–H groups in total. The Kier molecular flexibility index (Phi) is 4.97.